The molecule has 0 radical (unpaired) electrons. The maximum Gasteiger partial charge on any atom is 0.349 e. The summed E-state index contributed by atoms with van der Waals surface area (Å²) in [5.41, 5.74) is 0. The van der Waals surface area contributed by atoms with Gasteiger partial charge in [0.05, 0.1) is 11.5 Å². The van der Waals surface area contributed by atoms with Crippen LogP contribution in [0.2, 0.25) is 0 Å². The van der Waals surface area contributed by atoms with Gasteiger partial charge in [-0.2, -0.15) is 0 Å². The fourth-order valence-corrected chi connectivity index (χ4v) is 2.81. The largest absolute Gasteiger partial charge is 0.452 e. The molecule has 10 nitrogen and oxygen atoms in total. The zero-order valence-corrected chi connectivity index (χ0v) is 12.7. The zero-order chi connectivity index (χ0) is 17.1. The van der Waals surface area contributed by atoms with E-state index in [0.29, 0.717) is 11.3 Å². The van der Waals surface area contributed by atoms with Crippen molar-refractivity contribution in [1.82, 2.24) is 0 Å². The van der Waals surface area contributed by atoms with Crippen molar-refractivity contribution in [2.24, 2.45) is 0 Å². The van der Waals surface area contributed by atoms with Crippen LogP contribution in [0.25, 0.3) is 0 Å². The Balaban J connectivity index is 2.14. The van der Waals surface area contributed by atoms with E-state index < -0.39 is 48.2 Å². The molecule has 1 aromatic rings. The summed E-state index contributed by atoms with van der Waals surface area (Å²) in [5.74, 6) is -0.945. The number of esters is 1. The molecular formula is C12H15NO9S. The average molecular weight is 349 g/mol. The van der Waals surface area contributed by atoms with Crippen LogP contribution in [0.4, 0.5) is 5.00 Å². The van der Waals surface area contributed by atoms with E-state index in [1.165, 1.54) is 13.2 Å². The molecule has 0 aliphatic carbocycles. The number of nitrogens with zero attached hydrogens (tertiary/aromatic N) is 1. The Morgan fingerprint density at radius 3 is 2.65 bits per heavy atom. The molecule has 2 rings (SSSR count). The zero-order valence-electron chi connectivity index (χ0n) is 11.9. The summed E-state index contributed by atoms with van der Waals surface area (Å²) in [7, 11) is 1.24. The van der Waals surface area contributed by atoms with Crippen molar-refractivity contribution in [2.45, 2.75) is 30.7 Å². The molecule has 0 bridgehead atoms. The number of hydrogen-bond acceptors (Lipinski definition) is 10. The van der Waals surface area contributed by atoms with E-state index in [4.69, 9.17) is 19.3 Å². The van der Waals surface area contributed by atoms with Crippen LogP contribution in [0.5, 0.6) is 0 Å². The lowest BCUT2D eigenvalue weighted by Gasteiger charge is -2.40. The van der Waals surface area contributed by atoms with Gasteiger partial charge in [0, 0.05) is 13.2 Å². The number of methoxy groups -OCH3 is 1. The summed E-state index contributed by atoms with van der Waals surface area (Å²) in [4.78, 5) is 21.9. The third kappa shape index (κ3) is 3.65. The highest BCUT2D eigenvalue weighted by atomic mass is 32.1. The van der Waals surface area contributed by atoms with Crippen molar-refractivity contribution in [2.75, 3.05) is 13.7 Å². The minimum atomic E-state index is -1.49. The molecule has 0 aromatic carbocycles. The summed E-state index contributed by atoms with van der Waals surface area (Å²) in [6.07, 6.45) is -6.71. The topological polar surface area (TPSA) is 149 Å². The van der Waals surface area contributed by atoms with E-state index in [1.54, 1.807) is 0 Å². The molecule has 2 heterocycles. The molecule has 0 unspecified atom stereocenters. The molecule has 11 heteroatoms. The van der Waals surface area contributed by atoms with E-state index in [9.17, 15) is 25.1 Å². The molecule has 0 amide bonds. The minimum Gasteiger partial charge on any atom is -0.452 e. The molecule has 1 fully saturated rings. The van der Waals surface area contributed by atoms with E-state index in [2.05, 4.69) is 0 Å². The number of thiophene rings is 1. The van der Waals surface area contributed by atoms with Crippen molar-refractivity contribution >= 4 is 22.3 Å². The number of rotatable bonds is 5. The van der Waals surface area contributed by atoms with Crippen LogP contribution in [0.15, 0.2) is 12.1 Å². The van der Waals surface area contributed by atoms with Crippen LogP contribution in [-0.4, -0.2) is 70.6 Å². The monoisotopic (exact) mass is 349 g/mol. The van der Waals surface area contributed by atoms with Crippen molar-refractivity contribution in [3.63, 3.8) is 0 Å². The highest BCUT2D eigenvalue weighted by Crippen LogP contribution is 2.28. The maximum absolute atomic E-state index is 12.0. The second kappa shape index (κ2) is 7.29. The molecule has 1 aromatic heterocycles. The lowest BCUT2D eigenvalue weighted by molar-refractivity contribution is -0.380. The fraction of sp³-hybridized carbons (Fsp3) is 0.583. The van der Waals surface area contributed by atoms with Gasteiger partial charge in [-0.3, -0.25) is 10.1 Å². The predicted octanol–water partition coefficient (Wildman–Crippen LogP) is -0.733. The highest BCUT2D eigenvalue weighted by molar-refractivity contribution is 7.17. The van der Waals surface area contributed by atoms with Crippen LogP contribution < -0.4 is 0 Å². The van der Waals surface area contributed by atoms with Crippen LogP contribution >= 0.6 is 11.3 Å². The smallest absolute Gasteiger partial charge is 0.349 e. The molecule has 5 atom stereocenters. The number of ether oxygens (including phenoxy) is 3. The first-order valence-corrected chi connectivity index (χ1v) is 7.31. The first kappa shape index (κ1) is 17.7. The third-order valence-electron chi connectivity index (χ3n) is 3.27. The predicted molar refractivity (Wildman–Crippen MR) is 74.9 cm³/mol. The van der Waals surface area contributed by atoms with Gasteiger partial charge < -0.3 is 29.5 Å². The molecule has 23 heavy (non-hydrogen) atoms. The summed E-state index contributed by atoms with van der Waals surface area (Å²) in [6.45, 7) is -0.577. The maximum atomic E-state index is 12.0. The molecule has 0 spiro atoms. The molecule has 1 aliphatic rings. The van der Waals surface area contributed by atoms with Gasteiger partial charge in [0.25, 0.3) is 0 Å². The Morgan fingerprint density at radius 1 is 1.43 bits per heavy atom. The number of carbonyl (C=O) groups is 1. The molecule has 128 valence electrons. The first-order valence-electron chi connectivity index (χ1n) is 6.49. The van der Waals surface area contributed by atoms with Crippen molar-refractivity contribution in [1.29, 1.82) is 0 Å². The Labute approximate surface area is 134 Å². The van der Waals surface area contributed by atoms with Crippen molar-refractivity contribution < 1.29 is 39.2 Å². The van der Waals surface area contributed by atoms with Gasteiger partial charge in [-0.1, -0.05) is 11.3 Å². The molecule has 0 saturated carbocycles. The summed E-state index contributed by atoms with van der Waals surface area (Å²) in [5, 5.41) is 39.6. The number of aliphatic hydroxyl groups excluding tert-OH is 3. The van der Waals surface area contributed by atoms with E-state index in [0.717, 1.165) is 6.07 Å². The Morgan fingerprint density at radius 2 is 2.13 bits per heavy atom. The Hall–Kier alpha value is -1.63. The summed E-state index contributed by atoms with van der Waals surface area (Å²) in [6, 6.07) is 2.35. The van der Waals surface area contributed by atoms with E-state index >= 15 is 0 Å². The third-order valence-corrected chi connectivity index (χ3v) is 4.29. The Bertz CT molecular complexity index is 561. The Kier molecular flexibility index (Phi) is 5.62. The van der Waals surface area contributed by atoms with Gasteiger partial charge >= 0.3 is 11.0 Å². The summed E-state index contributed by atoms with van der Waals surface area (Å²) >= 11 is 0.604. The SMILES string of the molecule is CO[C@H]1O[C@H](CO)[C@@H](O)[C@H](OC(=O)c2ccc([N+](=O)[O-])s2)[C@H]1O. The highest BCUT2D eigenvalue weighted by Gasteiger charge is 2.47. The number of aliphatic hydroxyl groups is 3. The van der Waals surface area contributed by atoms with Gasteiger partial charge in [-0.15, -0.1) is 0 Å². The van der Waals surface area contributed by atoms with Crippen LogP contribution in [0, 0.1) is 10.1 Å². The molecule has 1 saturated heterocycles. The lowest BCUT2D eigenvalue weighted by atomic mass is 9.99. The van der Waals surface area contributed by atoms with Crippen LogP contribution in [0.3, 0.4) is 0 Å². The second-order valence-electron chi connectivity index (χ2n) is 4.71. The molecule has 1 aliphatic heterocycles. The average Bonchev–Trinajstić information content (AvgIpc) is 3.02. The number of hydrogen-bond donors (Lipinski definition) is 3. The quantitative estimate of drug-likeness (QED) is 0.355. The number of carbonyl (C=O) groups excluding carboxylic acids is 1. The van der Waals surface area contributed by atoms with E-state index in [-0.39, 0.29) is 9.88 Å². The van der Waals surface area contributed by atoms with Crippen LogP contribution in [0.1, 0.15) is 9.67 Å². The number of nitro groups is 1. The first-order chi connectivity index (χ1) is 10.9. The van der Waals surface area contributed by atoms with Crippen molar-refractivity contribution in [3.05, 3.63) is 27.1 Å². The van der Waals surface area contributed by atoms with Crippen molar-refractivity contribution in [3.8, 4) is 0 Å². The molecule has 3 N–H and O–H groups in total. The second-order valence-corrected chi connectivity index (χ2v) is 5.77. The normalized spacial score (nSPS) is 30.9. The fourth-order valence-electron chi connectivity index (χ4n) is 2.10. The van der Waals surface area contributed by atoms with Gasteiger partial charge in [0.1, 0.15) is 23.2 Å². The van der Waals surface area contributed by atoms with Gasteiger partial charge in [-0.25, -0.2) is 4.79 Å². The molecular weight excluding hydrogens is 334 g/mol. The summed E-state index contributed by atoms with van der Waals surface area (Å²) < 4.78 is 15.0. The van der Waals surface area contributed by atoms with Gasteiger partial charge in [0.15, 0.2) is 12.4 Å². The van der Waals surface area contributed by atoms with E-state index in [1.807, 2.05) is 0 Å². The standard InChI is InChI=1S/C12H15NO9S/c1-20-12-9(16)10(8(15)5(4-14)21-12)22-11(17)6-2-3-7(23-6)13(18)19/h2-3,5,8-10,12,14-16H,4H2,1H3/t5-,8-,9-,10+,12+/m1/s1. The van der Waals surface area contributed by atoms with Gasteiger partial charge in [0.2, 0.25) is 0 Å². The lowest BCUT2D eigenvalue weighted by Crippen LogP contribution is -2.60. The van der Waals surface area contributed by atoms with Crippen LogP contribution in [-0.2, 0) is 14.2 Å². The van der Waals surface area contributed by atoms with Gasteiger partial charge in [-0.05, 0) is 6.07 Å². The minimum absolute atomic E-state index is 0.0582.